The van der Waals surface area contributed by atoms with Gasteiger partial charge in [0.2, 0.25) is 0 Å². The first-order valence-corrected chi connectivity index (χ1v) is 4.17. The zero-order valence-electron chi connectivity index (χ0n) is 7.05. The van der Waals surface area contributed by atoms with Crippen LogP contribution in [0.1, 0.15) is 39.0 Å². The lowest BCUT2D eigenvalue weighted by atomic mass is 10.1. The lowest BCUT2D eigenvalue weighted by molar-refractivity contribution is -0.131. The van der Waals surface area contributed by atoms with Crippen molar-refractivity contribution in [3.63, 3.8) is 0 Å². The molecule has 0 bridgehead atoms. The van der Waals surface area contributed by atoms with E-state index in [9.17, 15) is 4.79 Å². The van der Waals surface area contributed by atoms with E-state index in [1.54, 1.807) is 6.08 Å². The minimum Gasteiger partial charge on any atom is -0.478 e. The smallest absolute Gasteiger partial charge is 0.327 e. The minimum atomic E-state index is -0.847. The highest BCUT2D eigenvalue weighted by atomic mass is 16.5. The number of unbranched alkanes of at least 4 members (excludes halogenated alkanes) is 4. The summed E-state index contributed by atoms with van der Waals surface area (Å²) in [5, 5.41) is 8.23. The van der Waals surface area contributed by atoms with Crippen molar-refractivity contribution in [3.8, 4) is 0 Å². The normalized spacial score (nSPS) is 10.6. The van der Waals surface area contributed by atoms with Crippen LogP contribution < -0.4 is 0 Å². The Kier molecular flexibility index (Phi) is 6.79. The number of aliphatic carboxylic acids is 1. The van der Waals surface area contributed by atoms with Gasteiger partial charge in [0.05, 0.1) is 0 Å². The number of carbonyl (C=O) groups is 1. The second kappa shape index (κ2) is 7.32. The molecule has 0 rings (SSSR count). The molecular formula is C9H16O2. The molecular weight excluding hydrogens is 141 g/mol. The van der Waals surface area contributed by atoms with Crippen LogP contribution in [0.2, 0.25) is 0 Å². The Morgan fingerprint density at radius 3 is 2.64 bits per heavy atom. The Bertz CT molecular complexity index is 128. The fourth-order valence-electron chi connectivity index (χ4n) is 0.873. The zero-order valence-corrected chi connectivity index (χ0v) is 7.05. The minimum absolute atomic E-state index is 0.847. The van der Waals surface area contributed by atoms with Crippen LogP contribution in [0.25, 0.3) is 0 Å². The molecule has 0 heterocycles. The lowest BCUT2D eigenvalue weighted by Crippen LogP contribution is -1.85. The van der Waals surface area contributed by atoms with Crippen LogP contribution in [-0.2, 0) is 4.79 Å². The molecule has 0 saturated heterocycles. The topological polar surface area (TPSA) is 37.3 Å². The monoisotopic (exact) mass is 157 g/mol. The van der Waals surface area contributed by atoms with Crippen LogP contribution in [0.3, 0.4) is 0 Å². The molecule has 2 nitrogen and oxygen atoms in total. The summed E-state index contributed by atoms with van der Waals surface area (Å²) in [5.41, 5.74) is 0. The summed E-state index contributed by atoms with van der Waals surface area (Å²) in [4.78, 5) is 10.0. The molecule has 0 fully saturated rings. The Labute approximate surface area is 67.9 Å². The molecule has 64 valence electrons. The van der Waals surface area contributed by atoms with Gasteiger partial charge in [0.1, 0.15) is 0 Å². The zero-order chi connectivity index (χ0) is 8.53. The van der Waals surface area contributed by atoms with E-state index >= 15 is 0 Å². The van der Waals surface area contributed by atoms with Crippen molar-refractivity contribution >= 4 is 5.97 Å². The number of carboxylic acids is 1. The number of hydrogen-bond acceptors (Lipinski definition) is 1. The molecule has 0 aromatic rings. The average Bonchev–Trinajstić information content (AvgIpc) is 1.96. The van der Waals surface area contributed by atoms with Crippen molar-refractivity contribution in [2.24, 2.45) is 0 Å². The molecule has 0 radical (unpaired) electrons. The SMILES string of the molecule is CCCCCC/C=C\[13C](=O)O. The highest BCUT2D eigenvalue weighted by Gasteiger charge is 1.86. The molecule has 0 amide bonds. The predicted octanol–water partition coefficient (Wildman–Crippen LogP) is 2.60. The second-order valence-corrected chi connectivity index (χ2v) is 2.59. The number of rotatable bonds is 6. The quantitative estimate of drug-likeness (QED) is 0.365. The lowest BCUT2D eigenvalue weighted by Gasteiger charge is -1.92. The van der Waals surface area contributed by atoms with E-state index < -0.39 is 5.97 Å². The molecule has 0 aliphatic heterocycles. The van der Waals surface area contributed by atoms with E-state index in [-0.39, 0.29) is 0 Å². The molecule has 1 N–H and O–H groups in total. The third-order valence-electron chi connectivity index (χ3n) is 1.48. The number of hydrogen-bond donors (Lipinski definition) is 1. The predicted molar refractivity (Wildman–Crippen MR) is 45.5 cm³/mol. The third kappa shape index (κ3) is 9.21. The molecule has 0 atom stereocenters. The highest BCUT2D eigenvalue weighted by Crippen LogP contribution is 2.02. The number of carboxylic acid groups (broad SMARTS) is 1. The van der Waals surface area contributed by atoms with Gasteiger partial charge in [0.25, 0.3) is 0 Å². The third-order valence-corrected chi connectivity index (χ3v) is 1.48. The summed E-state index contributed by atoms with van der Waals surface area (Å²) in [5.74, 6) is -0.847. The van der Waals surface area contributed by atoms with Gasteiger partial charge < -0.3 is 5.11 Å². The maximum absolute atomic E-state index is 10.0. The first-order chi connectivity index (χ1) is 5.27. The van der Waals surface area contributed by atoms with Crippen molar-refractivity contribution in [1.82, 2.24) is 0 Å². The van der Waals surface area contributed by atoms with Crippen LogP contribution in [0.4, 0.5) is 0 Å². The molecule has 2 heteroatoms. The van der Waals surface area contributed by atoms with Gasteiger partial charge in [-0.15, -0.1) is 0 Å². The van der Waals surface area contributed by atoms with Gasteiger partial charge in [-0.3, -0.25) is 0 Å². The fourth-order valence-corrected chi connectivity index (χ4v) is 0.873. The van der Waals surface area contributed by atoms with Gasteiger partial charge in [0, 0.05) is 6.08 Å². The summed E-state index contributed by atoms with van der Waals surface area (Å²) in [6, 6.07) is 0. The Morgan fingerprint density at radius 2 is 2.09 bits per heavy atom. The number of allylic oxidation sites excluding steroid dienone is 1. The standard InChI is InChI=1S/C9H16O2/c1-2-3-4-5-6-7-8-9(10)11/h7-8H,2-6H2,1H3,(H,10,11)/b8-7-/i9+1. The first kappa shape index (κ1) is 10.2. The molecule has 0 aliphatic carbocycles. The molecule has 0 aromatic carbocycles. The van der Waals surface area contributed by atoms with Crippen molar-refractivity contribution in [3.05, 3.63) is 12.2 Å². The van der Waals surface area contributed by atoms with Crippen LogP contribution in [0, 0.1) is 0 Å². The van der Waals surface area contributed by atoms with Gasteiger partial charge in [-0.05, 0) is 12.8 Å². The fraction of sp³-hybridized carbons (Fsp3) is 0.667. The average molecular weight is 157 g/mol. The molecule has 0 saturated carbocycles. The molecule has 11 heavy (non-hydrogen) atoms. The van der Waals surface area contributed by atoms with Gasteiger partial charge in [0.15, 0.2) is 0 Å². The molecule has 0 aliphatic rings. The molecule has 0 unspecified atom stereocenters. The summed E-state index contributed by atoms with van der Waals surface area (Å²) < 4.78 is 0. The van der Waals surface area contributed by atoms with Crippen LogP contribution in [0.5, 0.6) is 0 Å². The maximum atomic E-state index is 10.0. The Balaban J connectivity index is 3.07. The van der Waals surface area contributed by atoms with Crippen molar-refractivity contribution in [1.29, 1.82) is 0 Å². The Morgan fingerprint density at radius 1 is 1.36 bits per heavy atom. The van der Waals surface area contributed by atoms with E-state index in [0.717, 1.165) is 12.8 Å². The summed E-state index contributed by atoms with van der Waals surface area (Å²) >= 11 is 0. The van der Waals surface area contributed by atoms with Crippen molar-refractivity contribution in [2.75, 3.05) is 0 Å². The summed E-state index contributed by atoms with van der Waals surface area (Å²) in [6.07, 6.45) is 8.62. The van der Waals surface area contributed by atoms with Gasteiger partial charge >= 0.3 is 5.97 Å². The van der Waals surface area contributed by atoms with Crippen molar-refractivity contribution in [2.45, 2.75) is 39.0 Å². The van der Waals surface area contributed by atoms with E-state index in [1.165, 1.54) is 25.3 Å². The van der Waals surface area contributed by atoms with Gasteiger partial charge in [-0.1, -0.05) is 32.3 Å². The van der Waals surface area contributed by atoms with E-state index in [4.69, 9.17) is 5.11 Å². The molecule has 0 spiro atoms. The van der Waals surface area contributed by atoms with E-state index in [2.05, 4.69) is 6.92 Å². The highest BCUT2D eigenvalue weighted by molar-refractivity contribution is 5.79. The Hall–Kier alpha value is -0.790. The van der Waals surface area contributed by atoms with E-state index in [1.807, 2.05) is 0 Å². The van der Waals surface area contributed by atoms with Crippen molar-refractivity contribution < 1.29 is 9.90 Å². The summed E-state index contributed by atoms with van der Waals surface area (Å²) in [6.45, 7) is 2.16. The van der Waals surface area contributed by atoms with E-state index in [0.29, 0.717) is 0 Å². The van der Waals surface area contributed by atoms with Gasteiger partial charge in [-0.2, -0.15) is 0 Å². The molecule has 0 aromatic heterocycles. The van der Waals surface area contributed by atoms with Gasteiger partial charge in [-0.25, -0.2) is 4.79 Å². The largest absolute Gasteiger partial charge is 0.478 e. The van der Waals surface area contributed by atoms with Crippen LogP contribution in [-0.4, -0.2) is 11.1 Å². The first-order valence-electron chi connectivity index (χ1n) is 4.17. The van der Waals surface area contributed by atoms with Crippen LogP contribution in [0.15, 0.2) is 12.2 Å². The maximum Gasteiger partial charge on any atom is 0.327 e. The summed E-state index contributed by atoms with van der Waals surface area (Å²) in [7, 11) is 0. The van der Waals surface area contributed by atoms with Crippen LogP contribution >= 0.6 is 0 Å². The second-order valence-electron chi connectivity index (χ2n) is 2.59.